The molecular formula is C12H15Br2NOS. The van der Waals surface area contributed by atoms with Gasteiger partial charge in [-0.3, -0.25) is 9.69 Å². The molecule has 1 saturated heterocycles. The maximum Gasteiger partial charge on any atom is 0.178 e. The second-order valence-corrected chi connectivity index (χ2v) is 8.37. The zero-order valence-corrected chi connectivity index (χ0v) is 13.7. The molecule has 0 spiro atoms. The van der Waals surface area contributed by atoms with Crippen molar-refractivity contribution in [1.29, 1.82) is 0 Å². The van der Waals surface area contributed by atoms with E-state index in [1.807, 2.05) is 6.07 Å². The van der Waals surface area contributed by atoms with Gasteiger partial charge in [-0.15, -0.1) is 11.3 Å². The average molecular weight is 381 g/mol. The highest BCUT2D eigenvalue weighted by Crippen LogP contribution is 2.32. The van der Waals surface area contributed by atoms with Gasteiger partial charge < -0.3 is 0 Å². The van der Waals surface area contributed by atoms with E-state index in [1.54, 1.807) is 11.3 Å². The number of thiophene rings is 1. The number of likely N-dealkylation sites (tertiary alicyclic amines) is 1. The minimum atomic E-state index is 0.216. The summed E-state index contributed by atoms with van der Waals surface area (Å²) in [5.41, 5.74) is 0.806. The Bertz CT molecular complexity index is 411. The zero-order valence-electron chi connectivity index (χ0n) is 9.71. The molecule has 1 aliphatic rings. The monoisotopic (exact) mass is 379 g/mol. The molecule has 0 N–H and O–H groups in total. The number of nitrogens with zero attached hydrogens (tertiary/aromatic N) is 1. The normalized spacial score (nSPS) is 18.5. The topological polar surface area (TPSA) is 20.3 Å². The van der Waals surface area contributed by atoms with Crippen LogP contribution in [0.3, 0.4) is 0 Å². The molecule has 0 bridgehead atoms. The number of hydrogen-bond acceptors (Lipinski definition) is 3. The molecule has 1 aromatic heterocycles. The first-order valence-electron chi connectivity index (χ1n) is 5.76. The van der Waals surface area contributed by atoms with E-state index in [0.717, 1.165) is 32.1 Å². The maximum atomic E-state index is 12.1. The number of carbonyl (C=O) groups excluding carboxylic acids is 1. The van der Waals surface area contributed by atoms with E-state index in [1.165, 1.54) is 12.8 Å². The first-order chi connectivity index (χ1) is 8.06. The molecular weight excluding hydrogens is 366 g/mol. The molecule has 5 heteroatoms. The van der Waals surface area contributed by atoms with Gasteiger partial charge in [0.1, 0.15) is 0 Å². The summed E-state index contributed by atoms with van der Waals surface area (Å²) in [6, 6.07) is 1.91. The fourth-order valence-corrected chi connectivity index (χ4v) is 4.89. The van der Waals surface area contributed by atoms with E-state index in [0.29, 0.717) is 6.54 Å². The second-order valence-electron chi connectivity index (χ2n) is 4.62. The molecule has 0 atom stereocenters. The van der Waals surface area contributed by atoms with E-state index >= 15 is 0 Å². The van der Waals surface area contributed by atoms with Crippen molar-refractivity contribution in [1.82, 2.24) is 4.90 Å². The summed E-state index contributed by atoms with van der Waals surface area (Å²) in [4.78, 5) is 14.4. The average Bonchev–Trinajstić information content (AvgIpc) is 2.61. The first kappa shape index (κ1) is 13.7. The molecule has 0 unspecified atom stereocenters. The molecule has 1 aliphatic heterocycles. The van der Waals surface area contributed by atoms with Crippen molar-refractivity contribution in [3.8, 4) is 0 Å². The fourth-order valence-electron chi connectivity index (χ4n) is 2.04. The highest BCUT2D eigenvalue weighted by molar-refractivity contribution is 9.12. The van der Waals surface area contributed by atoms with Gasteiger partial charge in [0.05, 0.1) is 14.1 Å². The van der Waals surface area contributed by atoms with Crippen LogP contribution in [0.15, 0.2) is 13.6 Å². The van der Waals surface area contributed by atoms with E-state index in [2.05, 4.69) is 43.7 Å². The molecule has 2 heterocycles. The van der Waals surface area contributed by atoms with Gasteiger partial charge in [-0.2, -0.15) is 0 Å². The van der Waals surface area contributed by atoms with Gasteiger partial charge in [0.15, 0.2) is 5.78 Å². The SMILES string of the molecule is CC1CCN(CC(=O)c2cc(Br)sc2Br)CC1. The molecule has 0 radical (unpaired) electrons. The van der Waals surface area contributed by atoms with Crippen molar-refractivity contribution in [2.45, 2.75) is 19.8 Å². The molecule has 2 rings (SSSR count). The van der Waals surface area contributed by atoms with Gasteiger partial charge in [0.25, 0.3) is 0 Å². The summed E-state index contributed by atoms with van der Waals surface area (Å²) in [7, 11) is 0. The van der Waals surface area contributed by atoms with E-state index in [4.69, 9.17) is 0 Å². The second kappa shape index (κ2) is 5.95. The molecule has 17 heavy (non-hydrogen) atoms. The largest absolute Gasteiger partial charge is 0.296 e. The number of rotatable bonds is 3. The van der Waals surface area contributed by atoms with Gasteiger partial charge in [-0.05, 0) is 69.8 Å². The molecule has 0 amide bonds. The number of carbonyl (C=O) groups is 1. The number of halogens is 2. The number of ketones is 1. The summed E-state index contributed by atoms with van der Waals surface area (Å²) in [5.74, 6) is 1.02. The molecule has 0 saturated carbocycles. The van der Waals surface area contributed by atoms with Crippen LogP contribution >= 0.6 is 43.2 Å². The minimum Gasteiger partial charge on any atom is -0.296 e. The maximum absolute atomic E-state index is 12.1. The molecule has 1 fully saturated rings. The Morgan fingerprint density at radius 2 is 2.12 bits per heavy atom. The van der Waals surface area contributed by atoms with Gasteiger partial charge in [0, 0.05) is 5.56 Å². The van der Waals surface area contributed by atoms with E-state index in [9.17, 15) is 4.79 Å². The third-order valence-electron chi connectivity index (χ3n) is 3.20. The molecule has 94 valence electrons. The fraction of sp³-hybridized carbons (Fsp3) is 0.583. The summed E-state index contributed by atoms with van der Waals surface area (Å²) in [6.45, 7) is 4.94. The van der Waals surface area contributed by atoms with Gasteiger partial charge in [-0.1, -0.05) is 6.92 Å². The zero-order chi connectivity index (χ0) is 12.4. The molecule has 0 aliphatic carbocycles. The minimum absolute atomic E-state index is 0.216. The van der Waals surface area contributed by atoms with Crippen LogP contribution in [0.25, 0.3) is 0 Å². The van der Waals surface area contributed by atoms with Crippen molar-refractivity contribution >= 4 is 49.0 Å². The van der Waals surface area contributed by atoms with E-state index in [-0.39, 0.29) is 5.78 Å². The van der Waals surface area contributed by atoms with Crippen molar-refractivity contribution in [3.63, 3.8) is 0 Å². The van der Waals surface area contributed by atoms with Crippen LogP contribution < -0.4 is 0 Å². The lowest BCUT2D eigenvalue weighted by atomic mass is 9.99. The van der Waals surface area contributed by atoms with Crippen LogP contribution in [-0.2, 0) is 0 Å². The van der Waals surface area contributed by atoms with Gasteiger partial charge >= 0.3 is 0 Å². The van der Waals surface area contributed by atoms with Crippen LogP contribution in [0.5, 0.6) is 0 Å². The Balaban J connectivity index is 1.95. The predicted octanol–water partition coefficient (Wildman–Crippen LogP) is 4.19. The predicted molar refractivity (Wildman–Crippen MR) is 78.9 cm³/mol. The highest BCUT2D eigenvalue weighted by Gasteiger charge is 2.20. The Labute approximate surface area is 123 Å². The van der Waals surface area contributed by atoms with Crippen molar-refractivity contribution in [3.05, 3.63) is 19.2 Å². The standard InChI is InChI=1S/C12H15Br2NOS/c1-8-2-4-15(5-3-8)7-10(16)9-6-11(13)17-12(9)14/h6,8H,2-5,7H2,1H3. The Morgan fingerprint density at radius 3 is 2.65 bits per heavy atom. The lowest BCUT2D eigenvalue weighted by Crippen LogP contribution is -2.36. The number of piperidine rings is 1. The summed E-state index contributed by atoms with van der Waals surface area (Å²) in [5, 5.41) is 0. The van der Waals surface area contributed by atoms with Gasteiger partial charge in [0.2, 0.25) is 0 Å². The molecule has 0 aromatic carbocycles. The summed E-state index contributed by atoms with van der Waals surface area (Å²) < 4.78 is 1.93. The number of Topliss-reactive ketones (excluding diaryl/α,β-unsaturated/α-hetero) is 1. The first-order valence-corrected chi connectivity index (χ1v) is 8.17. The highest BCUT2D eigenvalue weighted by atomic mass is 79.9. The quantitative estimate of drug-likeness (QED) is 0.732. The Kier molecular flexibility index (Phi) is 4.80. The summed E-state index contributed by atoms with van der Waals surface area (Å²) in [6.07, 6.45) is 2.42. The lowest BCUT2D eigenvalue weighted by molar-refractivity contribution is 0.0899. The van der Waals surface area contributed by atoms with Gasteiger partial charge in [-0.25, -0.2) is 0 Å². The van der Waals surface area contributed by atoms with Crippen molar-refractivity contribution < 1.29 is 4.79 Å². The third-order valence-corrected chi connectivity index (χ3v) is 5.54. The lowest BCUT2D eigenvalue weighted by Gasteiger charge is -2.29. The van der Waals surface area contributed by atoms with E-state index < -0.39 is 0 Å². The third kappa shape index (κ3) is 3.63. The van der Waals surface area contributed by atoms with Crippen LogP contribution in [0, 0.1) is 5.92 Å². The van der Waals surface area contributed by atoms with Crippen LogP contribution in [0.1, 0.15) is 30.1 Å². The van der Waals surface area contributed by atoms with Crippen LogP contribution in [-0.4, -0.2) is 30.3 Å². The molecule has 1 aromatic rings. The Hall–Kier alpha value is 0.290. The smallest absolute Gasteiger partial charge is 0.178 e. The van der Waals surface area contributed by atoms with Crippen LogP contribution in [0.4, 0.5) is 0 Å². The van der Waals surface area contributed by atoms with Crippen molar-refractivity contribution in [2.75, 3.05) is 19.6 Å². The number of hydrogen-bond donors (Lipinski definition) is 0. The summed E-state index contributed by atoms with van der Waals surface area (Å²) >= 11 is 8.40. The molecule has 2 nitrogen and oxygen atoms in total. The van der Waals surface area contributed by atoms with Crippen molar-refractivity contribution in [2.24, 2.45) is 5.92 Å². The Morgan fingerprint density at radius 1 is 1.47 bits per heavy atom. The van der Waals surface area contributed by atoms with Crippen LogP contribution in [0.2, 0.25) is 0 Å².